The molecule has 140 valence electrons. The Balaban J connectivity index is 1.59. The molecular formula is C22H25N3O2. The lowest BCUT2D eigenvalue weighted by Crippen LogP contribution is -2.28. The molecule has 1 saturated heterocycles. The topological polar surface area (TPSA) is 79.4 Å². The fourth-order valence-electron chi connectivity index (χ4n) is 3.20. The van der Waals surface area contributed by atoms with Crippen molar-refractivity contribution in [3.05, 3.63) is 70.8 Å². The van der Waals surface area contributed by atoms with Crippen LogP contribution < -0.4 is 10.5 Å². The number of amidine groups is 1. The lowest BCUT2D eigenvalue weighted by molar-refractivity contribution is 0.0792. The second kappa shape index (κ2) is 8.54. The smallest absolute Gasteiger partial charge is 0.254 e. The Morgan fingerprint density at radius 1 is 1.22 bits per heavy atom. The maximum Gasteiger partial charge on any atom is 0.254 e. The Hall–Kier alpha value is -3.08. The number of amides is 1. The highest BCUT2D eigenvalue weighted by molar-refractivity contribution is 5.96. The summed E-state index contributed by atoms with van der Waals surface area (Å²) < 4.78 is 5.68. The van der Waals surface area contributed by atoms with Crippen LogP contribution in [0.25, 0.3) is 6.08 Å². The zero-order valence-electron chi connectivity index (χ0n) is 15.6. The maximum absolute atomic E-state index is 12.5. The molecule has 1 heterocycles. The number of nitrogen functional groups attached to an aromatic ring is 1. The molecule has 3 rings (SSSR count). The van der Waals surface area contributed by atoms with Gasteiger partial charge in [-0.25, -0.2) is 0 Å². The Morgan fingerprint density at radius 2 is 2.00 bits per heavy atom. The molecule has 5 nitrogen and oxygen atoms in total. The van der Waals surface area contributed by atoms with Gasteiger partial charge in [0, 0.05) is 24.2 Å². The number of hydrogen-bond acceptors (Lipinski definition) is 3. The second-order valence-corrected chi connectivity index (χ2v) is 6.73. The number of likely N-dealkylation sites (tertiary alicyclic amines) is 1. The van der Waals surface area contributed by atoms with E-state index >= 15 is 0 Å². The number of rotatable bonds is 6. The first kappa shape index (κ1) is 18.7. The standard InChI is InChI=1S/C22H25N3O2/c1-16-14-17(9-10-20(16)22(26)25-11-2-3-12-25)6-5-13-27-19-8-4-7-18(15-19)21(23)24/h4-10,14-15H,2-3,11-13H2,1H3,(H3,23,24). The first-order valence-corrected chi connectivity index (χ1v) is 9.18. The minimum Gasteiger partial charge on any atom is -0.490 e. The third-order valence-corrected chi connectivity index (χ3v) is 4.68. The normalized spacial score (nSPS) is 13.9. The molecule has 0 spiro atoms. The summed E-state index contributed by atoms with van der Waals surface area (Å²) in [5.41, 5.74) is 8.94. The van der Waals surface area contributed by atoms with Crippen molar-refractivity contribution < 1.29 is 9.53 Å². The van der Waals surface area contributed by atoms with E-state index in [4.69, 9.17) is 15.9 Å². The number of nitrogens with two attached hydrogens (primary N) is 1. The van der Waals surface area contributed by atoms with Crippen LogP contribution in [0.5, 0.6) is 5.75 Å². The molecule has 0 unspecified atom stereocenters. The van der Waals surface area contributed by atoms with Gasteiger partial charge in [0.2, 0.25) is 0 Å². The van der Waals surface area contributed by atoms with Crippen molar-refractivity contribution in [2.45, 2.75) is 19.8 Å². The van der Waals surface area contributed by atoms with Crippen LogP contribution in [0.1, 0.15) is 39.9 Å². The minimum absolute atomic E-state index is 0.0232. The van der Waals surface area contributed by atoms with Crippen molar-refractivity contribution in [1.82, 2.24) is 4.90 Å². The number of nitrogens with zero attached hydrogens (tertiary/aromatic N) is 1. The van der Waals surface area contributed by atoms with Gasteiger partial charge in [0.15, 0.2) is 0 Å². The summed E-state index contributed by atoms with van der Waals surface area (Å²) in [5.74, 6) is 0.833. The van der Waals surface area contributed by atoms with E-state index < -0.39 is 0 Å². The molecule has 0 atom stereocenters. The highest BCUT2D eigenvalue weighted by Gasteiger charge is 2.20. The van der Waals surface area contributed by atoms with Gasteiger partial charge in [0.1, 0.15) is 18.2 Å². The summed E-state index contributed by atoms with van der Waals surface area (Å²) >= 11 is 0. The van der Waals surface area contributed by atoms with E-state index in [1.54, 1.807) is 12.1 Å². The average molecular weight is 363 g/mol. The largest absolute Gasteiger partial charge is 0.490 e. The maximum atomic E-state index is 12.5. The van der Waals surface area contributed by atoms with Crippen molar-refractivity contribution >= 4 is 17.8 Å². The number of aryl methyl sites for hydroxylation is 1. The van der Waals surface area contributed by atoms with Crippen molar-refractivity contribution in [2.75, 3.05) is 19.7 Å². The quantitative estimate of drug-likeness (QED) is 0.608. The molecule has 2 aromatic rings. The van der Waals surface area contributed by atoms with Crippen LogP contribution in [0.4, 0.5) is 0 Å². The zero-order valence-corrected chi connectivity index (χ0v) is 15.6. The highest BCUT2D eigenvalue weighted by atomic mass is 16.5. The zero-order chi connectivity index (χ0) is 19.2. The molecule has 0 aromatic heterocycles. The molecule has 2 aromatic carbocycles. The lowest BCUT2D eigenvalue weighted by atomic mass is 10.0. The van der Waals surface area contributed by atoms with Gasteiger partial charge in [0.25, 0.3) is 5.91 Å². The van der Waals surface area contributed by atoms with Gasteiger partial charge in [-0.2, -0.15) is 0 Å². The van der Waals surface area contributed by atoms with Crippen LogP contribution in [0.2, 0.25) is 0 Å². The van der Waals surface area contributed by atoms with Gasteiger partial charge in [0.05, 0.1) is 0 Å². The lowest BCUT2D eigenvalue weighted by Gasteiger charge is -2.16. The van der Waals surface area contributed by atoms with E-state index in [2.05, 4.69) is 0 Å². The van der Waals surface area contributed by atoms with Gasteiger partial charge in [-0.1, -0.05) is 30.3 Å². The van der Waals surface area contributed by atoms with Gasteiger partial charge < -0.3 is 15.4 Å². The molecular weight excluding hydrogens is 338 g/mol. The summed E-state index contributed by atoms with van der Waals surface area (Å²) in [6.45, 7) is 4.11. The number of ether oxygens (including phenoxy) is 1. The molecule has 3 N–H and O–H groups in total. The predicted octanol–water partition coefficient (Wildman–Crippen LogP) is 3.61. The molecule has 1 amide bonds. The summed E-state index contributed by atoms with van der Waals surface area (Å²) in [7, 11) is 0. The fourth-order valence-corrected chi connectivity index (χ4v) is 3.20. The summed E-state index contributed by atoms with van der Waals surface area (Å²) in [5, 5.41) is 7.46. The van der Waals surface area contributed by atoms with Crippen LogP contribution in [0.15, 0.2) is 48.5 Å². The molecule has 0 saturated carbocycles. The van der Waals surface area contributed by atoms with Gasteiger partial charge in [-0.3, -0.25) is 10.2 Å². The van der Waals surface area contributed by atoms with E-state index in [0.29, 0.717) is 17.9 Å². The summed E-state index contributed by atoms with van der Waals surface area (Å²) in [6, 6.07) is 13.1. The Bertz CT molecular complexity index is 868. The number of hydrogen-bond donors (Lipinski definition) is 2. The van der Waals surface area contributed by atoms with Crippen LogP contribution in [-0.4, -0.2) is 36.3 Å². The molecule has 1 aliphatic rings. The Kier molecular flexibility index (Phi) is 5.91. The molecule has 0 bridgehead atoms. The van der Waals surface area contributed by atoms with Crippen LogP contribution >= 0.6 is 0 Å². The molecule has 1 aliphatic heterocycles. The van der Waals surface area contributed by atoms with Crippen molar-refractivity contribution in [1.29, 1.82) is 5.41 Å². The van der Waals surface area contributed by atoms with E-state index in [0.717, 1.165) is 42.6 Å². The molecule has 5 heteroatoms. The van der Waals surface area contributed by atoms with E-state index in [1.165, 1.54) is 0 Å². The fraction of sp³-hybridized carbons (Fsp3) is 0.273. The molecule has 0 radical (unpaired) electrons. The number of carbonyl (C=O) groups is 1. The first-order valence-electron chi connectivity index (χ1n) is 9.18. The van der Waals surface area contributed by atoms with Crippen LogP contribution in [-0.2, 0) is 0 Å². The second-order valence-electron chi connectivity index (χ2n) is 6.73. The van der Waals surface area contributed by atoms with Gasteiger partial charge in [-0.05, 0) is 55.2 Å². The van der Waals surface area contributed by atoms with Crippen LogP contribution in [0, 0.1) is 12.3 Å². The molecule has 1 fully saturated rings. The van der Waals surface area contributed by atoms with E-state index in [9.17, 15) is 4.79 Å². The monoisotopic (exact) mass is 363 g/mol. The van der Waals surface area contributed by atoms with Crippen LogP contribution in [0.3, 0.4) is 0 Å². The predicted molar refractivity (Wildman–Crippen MR) is 108 cm³/mol. The number of benzene rings is 2. The summed E-state index contributed by atoms with van der Waals surface area (Å²) in [6.07, 6.45) is 6.10. The van der Waals surface area contributed by atoms with Gasteiger partial charge >= 0.3 is 0 Å². The first-order chi connectivity index (χ1) is 13.0. The third kappa shape index (κ3) is 4.76. The number of nitrogens with one attached hydrogen (secondary N) is 1. The van der Waals surface area contributed by atoms with Crippen molar-refractivity contribution in [3.8, 4) is 5.75 Å². The average Bonchev–Trinajstić information content (AvgIpc) is 3.20. The molecule has 0 aliphatic carbocycles. The van der Waals surface area contributed by atoms with Crippen molar-refractivity contribution in [3.63, 3.8) is 0 Å². The Labute approximate surface area is 160 Å². The van der Waals surface area contributed by atoms with Crippen molar-refractivity contribution in [2.24, 2.45) is 5.73 Å². The SMILES string of the molecule is Cc1cc(C=CCOc2cccc(C(=N)N)c2)ccc1C(=O)N1CCCC1. The minimum atomic E-state index is 0.0232. The Morgan fingerprint density at radius 3 is 2.70 bits per heavy atom. The summed E-state index contributed by atoms with van der Waals surface area (Å²) in [4.78, 5) is 14.5. The van der Waals surface area contributed by atoms with Gasteiger partial charge in [-0.15, -0.1) is 0 Å². The number of carbonyl (C=O) groups excluding carboxylic acids is 1. The highest BCUT2D eigenvalue weighted by Crippen LogP contribution is 2.18. The molecule has 27 heavy (non-hydrogen) atoms. The van der Waals surface area contributed by atoms with E-state index in [1.807, 2.05) is 54.3 Å². The third-order valence-electron chi connectivity index (χ3n) is 4.68. The van der Waals surface area contributed by atoms with E-state index in [-0.39, 0.29) is 11.7 Å².